The summed E-state index contributed by atoms with van der Waals surface area (Å²) in [5.41, 5.74) is 2.62. The maximum Gasteiger partial charge on any atom is 0.407 e. The average Bonchev–Trinajstić information content (AvgIpc) is 3.97. The lowest BCUT2D eigenvalue weighted by Gasteiger charge is -2.31. The number of rotatable bonds is 16. The minimum atomic E-state index is -0.927. The minimum absolute atomic E-state index is 0.0000993. The van der Waals surface area contributed by atoms with Gasteiger partial charge in [0.15, 0.2) is 24.4 Å². The average molecular weight is 731 g/mol. The fourth-order valence-corrected chi connectivity index (χ4v) is 6.93. The molecule has 282 valence electrons. The van der Waals surface area contributed by atoms with Crippen LogP contribution in [-0.2, 0) is 33.8 Å². The molecular formula is C39H46N4O10. The fraction of sp³-hybridized carbons (Fsp3) is 0.462. The maximum absolute atomic E-state index is 13.3. The predicted molar refractivity (Wildman–Crippen MR) is 190 cm³/mol. The minimum Gasteiger partial charge on any atom is -0.496 e. The van der Waals surface area contributed by atoms with Crippen molar-refractivity contribution in [3.8, 4) is 34.5 Å². The Labute approximate surface area is 308 Å². The van der Waals surface area contributed by atoms with E-state index in [0.717, 1.165) is 29.8 Å². The van der Waals surface area contributed by atoms with E-state index in [1.165, 1.54) is 0 Å². The van der Waals surface area contributed by atoms with Crippen LogP contribution in [0, 0.1) is 11.8 Å². The van der Waals surface area contributed by atoms with Gasteiger partial charge in [0.05, 0.1) is 44.0 Å². The van der Waals surface area contributed by atoms with Crippen molar-refractivity contribution in [3.05, 3.63) is 83.7 Å². The van der Waals surface area contributed by atoms with Crippen LogP contribution in [0.5, 0.6) is 23.0 Å². The Hall–Kier alpha value is -4.89. The molecule has 3 aromatic carbocycles. The molecule has 5 atom stereocenters. The summed E-state index contributed by atoms with van der Waals surface area (Å²) in [4.78, 5) is 20.0. The lowest BCUT2D eigenvalue weighted by atomic mass is 10.00. The zero-order valence-electron chi connectivity index (χ0n) is 30.1. The zero-order chi connectivity index (χ0) is 36.7. The van der Waals surface area contributed by atoms with Gasteiger partial charge < -0.3 is 48.1 Å². The number of nitrogens with zero attached hydrogens (tertiary/aromatic N) is 3. The van der Waals surface area contributed by atoms with Gasteiger partial charge in [-0.25, -0.2) is 4.79 Å². The molecule has 5 unspecified atom stereocenters. The van der Waals surface area contributed by atoms with Crippen LogP contribution in [0.15, 0.2) is 71.3 Å². The summed E-state index contributed by atoms with van der Waals surface area (Å²) in [6.07, 6.45) is -1.17. The Morgan fingerprint density at radius 2 is 1.83 bits per heavy atom. The first-order chi connectivity index (χ1) is 25.8. The quantitative estimate of drug-likeness (QED) is 0.160. The summed E-state index contributed by atoms with van der Waals surface area (Å²) in [7, 11) is 1.59. The van der Waals surface area contributed by atoms with Crippen LogP contribution in [0.2, 0.25) is 0 Å². The molecule has 14 nitrogen and oxygen atoms in total. The second-order valence-corrected chi connectivity index (χ2v) is 13.9. The molecule has 4 heterocycles. The molecule has 0 saturated carbocycles. The number of ether oxygens (including phenoxy) is 7. The van der Waals surface area contributed by atoms with Gasteiger partial charge in [0, 0.05) is 19.6 Å². The van der Waals surface area contributed by atoms with E-state index < -0.39 is 24.3 Å². The van der Waals surface area contributed by atoms with E-state index in [1.807, 2.05) is 66.7 Å². The summed E-state index contributed by atoms with van der Waals surface area (Å²) in [6, 6.07) is 20.1. The van der Waals surface area contributed by atoms with Crippen LogP contribution in [-0.4, -0.2) is 91.0 Å². The Morgan fingerprint density at radius 1 is 1.02 bits per heavy atom. The van der Waals surface area contributed by atoms with Gasteiger partial charge in [0.1, 0.15) is 17.6 Å². The lowest BCUT2D eigenvalue weighted by molar-refractivity contribution is -0.0907. The first-order valence-electron chi connectivity index (χ1n) is 18.0. The van der Waals surface area contributed by atoms with Crippen LogP contribution >= 0.6 is 0 Å². The Kier molecular flexibility index (Phi) is 11.6. The van der Waals surface area contributed by atoms with Crippen molar-refractivity contribution in [2.45, 2.75) is 64.4 Å². The monoisotopic (exact) mass is 730 g/mol. The molecule has 2 fully saturated rings. The number of aliphatic hydroxyl groups excluding tert-OH is 1. The largest absolute Gasteiger partial charge is 0.496 e. The number of carbonyl (C=O) groups is 1. The number of fused-ring (bicyclic) bond motifs is 2. The van der Waals surface area contributed by atoms with Crippen molar-refractivity contribution in [1.29, 1.82) is 0 Å². The van der Waals surface area contributed by atoms with Gasteiger partial charge >= 0.3 is 6.09 Å². The summed E-state index contributed by atoms with van der Waals surface area (Å²) >= 11 is 0. The second-order valence-electron chi connectivity index (χ2n) is 13.9. The topological polar surface area (TPSA) is 156 Å². The highest BCUT2D eigenvalue weighted by atomic mass is 16.7. The summed E-state index contributed by atoms with van der Waals surface area (Å²) < 4.78 is 45.0. The normalized spacial score (nSPS) is 20.0. The van der Waals surface area contributed by atoms with Gasteiger partial charge in [-0.15, -0.1) is 0 Å². The van der Waals surface area contributed by atoms with E-state index in [1.54, 1.807) is 7.11 Å². The Morgan fingerprint density at radius 3 is 2.66 bits per heavy atom. The van der Waals surface area contributed by atoms with E-state index >= 15 is 0 Å². The van der Waals surface area contributed by atoms with E-state index in [-0.39, 0.29) is 32.2 Å². The molecule has 53 heavy (non-hydrogen) atoms. The number of para-hydroxylation sites is 1. The third-order valence-electron chi connectivity index (χ3n) is 9.48. The standard InChI is InChI=1S/C39H46N4O10/c1-24(2)18-43(19-26-10-13-33-34(17-26)51-23-50-33)20-31(44)30(40-39(45)52-35-21-49-38-29(35)14-15-47-38)16-25-8-11-27(12-9-25)48-22-36-41-37(53-42-36)28-6-4-5-7-32(28)46-3/h4-13,17,24,29-31,35,38,44H,14-16,18-23H2,1-3H3,(H,40,45). The van der Waals surface area contributed by atoms with Crippen molar-refractivity contribution < 1.29 is 47.6 Å². The number of hydrogen-bond acceptors (Lipinski definition) is 13. The van der Waals surface area contributed by atoms with Crippen molar-refractivity contribution >= 4 is 6.09 Å². The molecule has 2 saturated heterocycles. The third-order valence-corrected chi connectivity index (χ3v) is 9.48. The van der Waals surface area contributed by atoms with Crippen LogP contribution in [0.4, 0.5) is 4.79 Å². The number of amides is 1. The number of carbonyl (C=O) groups excluding carboxylic acids is 1. The van der Waals surface area contributed by atoms with Crippen LogP contribution < -0.4 is 24.3 Å². The molecule has 4 aromatic rings. The van der Waals surface area contributed by atoms with Crippen molar-refractivity contribution in [1.82, 2.24) is 20.4 Å². The van der Waals surface area contributed by atoms with Crippen molar-refractivity contribution in [3.63, 3.8) is 0 Å². The summed E-state index contributed by atoms with van der Waals surface area (Å²) in [6.45, 7) is 7.05. The highest BCUT2D eigenvalue weighted by Gasteiger charge is 2.44. The number of aromatic nitrogens is 2. The number of nitrogens with one attached hydrogen (secondary N) is 1. The highest BCUT2D eigenvalue weighted by molar-refractivity contribution is 5.68. The SMILES string of the molecule is COc1ccccc1-c1nc(COc2ccc(CC(NC(=O)OC3COC4OCCC34)C(O)CN(Cc3ccc4c(c3)OCO4)CC(C)C)cc2)no1. The molecule has 0 radical (unpaired) electrons. The van der Waals surface area contributed by atoms with E-state index in [0.29, 0.717) is 66.6 Å². The van der Waals surface area contributed by atoms with Gasteiger partial charge in [0.2, 0.25) is 12.6 Å². The maximum atomic E-state index is 13.3. The van der Waals surface area contributed by atoms with Gasteiger partial charge in [-0.05, 0) is 66.3 Å². The van der Waals surface area contributed by atoms with E-state index in [2.05, 4.69) is 34.2 Å². The molecule has 3 aliphatic rings. The van der Waals surface area contributed by atoms with Crippen molar-refractivity contribution in [2.24, 2.45) is 11.8 Å². The molecule has 1 amide bonds. The van der Waals surface area contributed by atoms with E-state index in [9.17, 15) is 9.90 Å². The molecular weight excluding hydrogens is 684 g/mol. The Balaban J connectivity index is 1.01. The fourth-order valence-electron chi connectivity index (χ4n) is 6.93. The Bertz CT molecular complexity index is 1820. The van der Waals surface area contributed by atoms with Gasteiger partial charge in [-0.3, -0.25) is 4.90 Å². The van der Waals surface area contributed by atoms with Crippen LogP contribution in [0.25, 0.3) is 11.5 Å². The van der Waals surface area contributed by atoms with E-state index in [4.69, 9.17) is 37.7 Å². The summed E-state index contributed by atoms with van der Waals surface area (Å²) in [5.74, 6) is 3.73. The van der Waals surface area contributed by atoms with Crippen LogP contribution in [0.1, 0.15) is 37.2 Å². The molecule has 14 heteroatoms. The van der Waals surface area contributed by atoms with Gasteiger partial charge in [-0.1, -0.05) is 49.3 Å². The molecule has 0 spiro atoms. The zero-order valence-corrected chi connectivity index (χ0v) is 30.1. The number of aliphatic hydroxyl groups is 1. The molecule has 1 aromatic heterocycles. The molecule has 2 N–H and O–H groups in total. The molecule has 0 bridgehead atoms. The molecule has 3 aliphatic heterocycles. The smallest absolute Gasteiger partial charge is 0.407 e. The predicted octanol–water partition coefficient (Wildman–Crippen LogP) is 4.97. The highest BCUT2D eigenvalue weighted by Crippen LogP contribution is 2.34. The molecule has 0 aliphatic carbocycles. The third kappa shape index (κ3) is 9.19. The van der Waals surface area contributed by atoms with Gasteiger partial charge in [-0.2, -0.15) is 4.98 Å². The van der Waals surface area contributed by atoms with Crippen molar-refractivity contribution in [2.75, 3.05) is 40.2 Å². The first-order valence-corrected chi connectivity index (χ1v) is 18.0. The number of benzene rings is 3. The number of alkyl carbamates (subject to hydrolysis) is 1. The number of hydrogen-bond donors (Lipinski definition) is 2. The van der Waals surface area contributed by atoms with Gasteiger partial charge in [0.25, 0.3) is 5.89 Å². The lowest BCUT2D eigenvalue weighted by Crippen LogP contribution is -2.50. The second kappa shape index (κ2) is 16.8. The summed E-state index contributed by atoms with van der Waals surface area (Å²) in [5, 5.41) is 18.8. The van der Waals surface area contributed by atoms with Crippen LogP contribution in [0.3, 0.4) is 0 Å². The first kappa shape index (κ1) is 36.5. The number of methoxy groups -OCH3 is 1. The molecule has 7 rings (SSSR count).